The van der Waals surface area contributed by atoms with E-state index in [0.29, 0.717) is 25.1 Å². The molecule has 1 N–H and O–H groups in total. The molecule has 0 radical (unpaired) electrons. The maximum Gasteiger partial charge on any atom is 0.243 e. The molecule has 4 rings (SSSR count). The van der Waals surface area contributed by atoms with Crippen LogP contribution in [0.3, 0.4) is 0 Å². The Morgan fingerprint density at radius 3 is 1.66 bits per heavy atom. The van der Waals surface area contributed by atoms with E-state index in [1.807, 2.05) is 80.6 Å². The lowest BCUT2D eigenvalue weighted by Crippen LogP contribution is -2.50. The molecule has 0 saturated carbocycles. The largest absolute Gasteiger partial charge is 0.390 e. The molecular weight excluding hydrogens is 636 g/mol. The maximum absolute atomic E-state index is 14.0. The van der Waals surface area contributed by atoms with Crippen LogP contribution in [0.4, 0.5) is 0 Å². The van der Waals surface area contributed by atoms with Crippen molar-refractivity contribution in [3.05, 3.63) is 138 Å². The van der Waals surface area contributed by atoms with Gasteiger partial charge < -0.3 is 5.11 Å². The Morgan fingerprint density at radius 1 is 0.727 bits per heavy atom. The van der Waals surface area contributed by atoms with Gasteiger partial charge in [0.2, 0.25) is 10.0 Å². The molecule has 0 bridgehead atoms. The molecule has 0 unspecified atom stereocenters. The molecule has 0 amide bonds. The van der Waals surface area contributed by atoms with Crippen LogP contribution in [-0.4, -0.2) is 59.1 Å². The van der Waals surface area contributed by atoms with Crippen LogP contribution >= 0.6 is 15.9 Å². The van der Waals surface area contributed by atoms with Crippen molar-refractivity contribution in [2.24, 2.45) is 5.92 Å². The number of nitrogens with zero attached hydrogens (tertiary/aromatic N) is 2. The molecule has 232 valence electrons. The Labute approximate surface area is 270 Å². The molecule has 4 aromatic carbocycles. The minimum Gasteiger partial charge on any atom is -0.390 e. The second-order valence-corrected chi connectivity index (χ2v) is 14.0. The predicted molar refractivity (Wildman–Crippen MR) is 180 cm³/mol. The van der Waals surface area contributed by atoms with Gasteiger partial charge in [0, 0.05) is 37.8 Å². The van der Waals surface area contributed by atoms with E-state index in [-0.39, 0.29) is 41.1 Å². The Kier molecular flexibility index (Phi) is 12.5. The quantitative estimate of drug-likeness (QED) is 0.107. The molecule has 2 atom stereocenters. The van der Waals surface area contributed by atoms with Crippen LogP contribution in [0.5, 0.6) is 0 Å². The summed E-state index contributed by atoms with van der Waals surface area (Å²) >= 11 is 3.17. The van der Waals surface area contributed by atoms with Crippen LogP contribution in [0.15, 0.2) is 120 Å². The van der Waals surface area contributed by atoms with Crippen LogP contribution in [0.25, 0.3) is 0 Å². The van der Waals surface area contributed by atoms with E-state index in [1.54, 1.807) is 12.1 Å². The Balaban J connectivity index is 1.69. The zero-order chi connectivity index (χ0) is 31.5. The van der Waals surface area contributed by atoms with Gasteiger partial charge in [-0.1, -0.05) is 133 Å². The number of hydrogen-bond acceptors (Lipinski definition) is 5. The number of sulfonamides is 1. The first-order chi connectivity index (χ1) is 21.2. The third-order valence-electron chi connectivity index (χ3n) is 7.55. The van der Waals surface area contributed by atoms with Crippen LogP contribution in [0.2, 0.25) is 0 Å². The highest BCUT2D eigenvalue weighted by molar-refractivity contribution is 9.09. The van der Waals surface area contributed by atoms with Gasteiger partial charge in [0.25, 0.3) is 0 Å². The highest BCUT2D eigenvalue weighted by Gasteiger charge is 2.33. The lowest BCUT2D eigenvalue weighted by molar-refractivity contribution is 0.0273. The number of alkyl halides is 1. The third kappa shape index (κ3) is 9.43. The van der Waals surface area contributed by atoms with Crippen molar-refractivity contribution in [3.8, 4) is 0 Å². The first-order valence-corrected chi connectivity index (χ1v) is 17.5. The van der Waals surface area contributed by atoms with Gasteiger partial charge in [-0.25, -0.2) is 8.42 Å². The molecule has 0 aromatic heterocycles. The number of carbonyl (C=O) groups is 1. The number of ketones is 1. The summed E-state index contributed by atoms with van der Waals surface area (Å²) < 4.78 is 29.4. The molecule has 8 heteroatoms. The molecule has 0 saturated heterocycles. The fraction of sp³-hybridized carbons (Fsp3) is 0.306. The summed E-state index contributed by atoms with van der Waals surface area (Å²) in [4.78, 5) is 14.5. The Bertz CT molecular complexity index is 1510. The Hall–Kier alpha value is -3.14. The summed E-state index contributed by atoms with van der Waals surface area (Å²) in [7, 11) is -3.96. The summed E-state index contributed by atoms with van der Waals surface area (Å²) in [5, 5.41) is 12.2. The zero-order valence-electron chi connectivity index (χ0n) is 25.3. The van der Waals surface area contributed by atoms with Crippen molar-refractivity contribution in [1.29, 1.82) is 0 Å². The number of halogens is 1. The predicted octanol–water partition coefficient (Wildman–Crippen LogP) is 6.59. The van der Waals surface area contributed by atoms with Gasteiger partial charge in [0.15, 0.2) is 5.78 Å². The number of aliphatic hydroxyl groups excluding tert-OH is 1. The van der Waals surface area contributed by atoms with Crippen LogP contribution in [0.1, 0.15) is 40.9 Å². The molecule has 0 aliphatic rings. The molecular formula is C36H41BrN2O4S. The molecule has 0 aliphatic heterocycles. The second kappa shape index (κ2) is 16.3. The standard InChI is InChI=1S/C36H41BrN2O4S/c1-28(2)24-39(44(42,43)33-20-18-32(19-21-33)35(40)23-37)27-36(41)34(22-29-12-6-3-7-13-29)38(25-30-14-8-4-9-15-30)26-31-16-10-5-11-17-31/h3-21,28,34,36,41H,22-27H2,1-2H3/t34-,36+/m0/s1. The summed E-state index contributed by atoms with van der Waals surface area (Å²) in [6.07, 6.45) is -0.453. The molecule has 0 heterocycles. The smallest absolute Gasteiger partial charge is 0.243 e. The van der Waals surface area contributed by atoms with Crippen molar-refractivity contribution in [3.63, 3.8) is 0 Å². The molecule has 0 fully saturated rings. The van der Waals surface area contributed by atoms with Gasteiger partial charge >= 0.3 is 0 Å². The molecule has 44 heavy (non-hydrogen) atoms. The molecule has 6 nitrogen and oxygen atoms in total. The number of hydrogen-bond donors (Lipinski definition) is 1. The van der Waals surface area contributed by atoms with Crippen molar-refractivity contribution in [1.82, 2.24) is 9.21 Å². The minimum atomic E-state index is -3.96. The number of benzene rings is 4. The van der Waals surface area contributed by atoms with E-state index in [1.165, 1.54) is 16.4 Å². The van der Waals surface area contributed by atoms with Crippen molar-refractivity contribution < 1.29 is 18.3 Å². The van der Waals surface area contributed by atoms with Crippen LogP contribution in [-0.2, 0) is 29.5 Å². The average molecular weight is 678 g/mol. The highest BCUT2D eigenvalue weighted by atomic mass is 79.9. The number of Topliss-reactive ketones (excluding diaryl/α,β-unsaturated/α-hetero) is 1. The maximum atomic E-state index is 14.0. The van der Waals surface area contributed by atoms with E-state index < -0.39 is 16.1 Å². The van der Waals surface area contributed by atoms with Gasteiger partial charge in [0.1, 0.15) is 0 Å². The molecule has 4 aromatic rings. The Morgan fingerprint density at radius 2 is 1.20 bits per heavy atom. The normalized spacial score (nSPS) is 13.3. The highest BCUT2D eigenvalue weighted by Crippen LogP contribution is 2.24. The fourth-order valence-corrected chi connectivity index (χ4v) is 7.28. The monoisotopic (exact) mass is 676 g/mol. The van der Waals surface area contributed by atoms with Gasteiger partial charge in [-0.05, 0) is 41.2 Å². The lowest BCUT2D eigenvalue weighted by atomic mass is 9.97. The topological polar surface area (TPSA) is 77.9 Å². The summed E-state index contributed by atoms with van der Waals surface area (Å²) in [6, 6.07) is 36.0. The van der Waals surface area contributed by atoms with E-state index >= 15 is 0 Å². The van der Waals surface area contributed by atoms with E-state index in [4.69, 9.17) is 0 Å². The van der Waals surface area contributed by atoms with Gasteiger partial charge in [-0.2, -0.15) is 4.31 Å². The van der Waals surface area contributed by atoms with Gasteiger partial charge in [-0.3, -0.25) is 9.69 Å². The molecule has 0 aliphatic carbocycles. The summed E-state index contributed by atoms with van der Waals surface area (Å²) in [5.41, 5.74) is 3.72. The number of rotatable bonds is 16. The summed E-state index contributed by atoms with van der Waals surface area (Å²) in [6.45, 7) is 5.28. The second-order valence-electron chi connectivity index (χ2n) is 11.5. The first-order valence-electron chi connectivity index (χ1n) is 14.9. The number of carbonyl (C=O) groups excluding carboxylic acids is 1. The van der Waals surface area contributed by atoms with Crippen molar-refractivity contribution in [2.75, 3.05) is 18.4 Å². The van der Waals surface area contributed by atoms with Crippen LogP contribution in [0, 0.1) is 5.92 Å². The van der Waals surface area contributed by atoms with Gasteiger partial charge in [-0.15, -0.1) is 0 Å². The van der Waals surface area contributed by atoms with Crippen molar-refractivity contribution >= 4 is 31.7 Å². The van der Waals surface area contributed by atoms with E-state index in [9.17, 15) is 18.3 Å². The lowest BCUT2D eigenvalue weighted by Gasteiger charge is -2.37. The fourth-order valence-electron chi connectivity index (χ4n) is 5.34. The first kappa shape index (κ1) is 33.7. The molecule has 0 spiro atoms. The third-order valence-corrected chi connectivity index (χ3v) is 9.91. The SMILES string of the molecule is CC(C)CN(C[C@@H](O)[C@H](Cc1ccccc1)N(Cc1ccccc1)Cc1ccccc1)S(=O)(=O)c1ccc(C(=O)CBr)cc1. The van der Waals surface area contributed by atoms with Crippen LogP contribution < -0.4 is 0 Å². The zero-order valence-corrected chi connectivity index (χ0v) is 27.7. The van der Waals surface area contributed by atoms with Gasteiger partial charge in [0.05, 0.1) is 16.3 Å². The minimum absolute atomic E-state index is 0.0311. The van der Waals surface area contributed by atoms with E-state index in [0.717, 1.165) is 16.7 Å². The summed E-state index contributed by atoms with van der Waals surface area (Å²) in [5.74, 6) is -0.0902. The number of aliphatic hydroxyl groups is 1. The van der Waals surface area contributed by atoms with Crippen molar-refractivity contribution in [2.45, 2.75) is 50.4 Å². The van der Waals surface area contributed by atoms with E-state index in [2.05, 4.69) is 45.1 Å². The average Bonchev–Trinajstić information content (AvgIpc) is 3.04.